The topological polar surface area (TPSA) is 150 Å². The van der Waals surface area contributed by atoms with Crippen LogP contribution in [0.1, 0.15) is 6.42 Å². The van der Waals surface area contributed by atoms with E-state index in [2.05, 4.69) is 10.0 Å². The number of hydrogen-bond acceptors (Lipinski definition) is 6. The predicted molar refractivity (Wildman–Crippen MR) is 47.6 cm³/mol. The van der Waals surface area contributed by atoms with E-state index < -0.39 is 36.6 Å². The van der Waals surface area contributed by atoms with Crippen molar-refractivity contribution in [1.82, 2.24) is 0 Å². The fourth-order valence-corrected chi connectivity index (χ4v) is 1.67. The maximum absolute atomic E-state index is 9.68. The molecular weight excluding hydrogens is 206 g/mol. The minimum atomic E-state index is -1.96. The summed E-state index contributed by atoms with van der Waals surface area (Å²) in [5, 5.41) is 49.9. The lowest BCUT2D eigenvalue weighted by molar-refractivity contribution is -0.203. The molecule has 0 heterocycles. The fraction of sp³-hybridized carbons (Fsp3) is 1.00. The number of aliphatic hydroxyl groups excluding tert-OH is 4. The third-order valence-corrected chi connectivity index (χ3v) is 2.65. The molecule has 1 rings (SSSR count). The minimum absolute atomic E-state index is 0.313. The molecule has 15 heavy (non-hydrogen) atoms. The second-order valence-electron chi connectivity index (χ2n) is 3.66. The summed E-state index contributed by atoms with van der Waals surface area (Å²) in [4.78, 5) is 2.45. The van der Waals surface area contributed by atoms with Crippen LogP contribution in [-0.4, -0.2) is 62.1 Å². The molecule has 0 amide bonds. The van der Waals surface area contributed by atoms with Crippen molar-refractivity contribution >= 4 is 0 Å². The summed E-state index contributed by atoms with van der Waals surface area (Å²) in [6, 6.07) is -1.08. The first-order valence-electron chi connectivity index (χ1n) is 4.38. The summed E-state index contributed by atoms with van der Waals surface area (Å²) >= 11 is 0. The number of aliphatic hydroxyl groups is 5. The van der Waals surface area contributed by atoms with Gasteiger partial charge in [-0.1, -0.05) is 5.11 Å². The van der Waals surface area contributed by atoms with Crippen LogP contribution in [0.25, 0.3) is 10.4 Å². The van der Waals surface area contributed by atoms with Crippen LogP contribution in [0, 0.1) is 0 Å². The van der Waals surface area contributed by atoms with Crippen LogP contribution in [-0.2, 0) is 0 Å². The summed E-state index contributed by atoms with van der Waals surface area (Å²) in [7, 11) is 0. The van der Waals surface area contributed by atoms with E-state index in [1.165, 1.54) is 0 Å². The molecule has 5 N–H and O–H groups in total. The molecule has 5 atom stereocenters. The second kappa shape index (κ2) is 4.31. The summed E-state index contributed by atoms with van der Waals surface area (Å²) < 4.78 is 0. The molecule has 0 bridgehead atoms. The summed E-state index contributed by atoms with van der Waals surface area (Å²) in [6.45, 7) is -0.796. The summed E-state index contributed by atoms with van der Waals surface area (Å²) in [5.41, 5.74) is 6.23. The Kier molecular flexibility index (Phi) is 3.50. The Labute approximate surface area is 85.0 Å². The number of nitrogens with zero attached hydrogens (tertiary/aromatic N) is 3. The van der Waals surface area contributed by atoms with Gasteiger partial charge in [-0.2, -0.15) is 0 Å². The Bertz CT molecular complexity index is 282. The molecule has 1 aliphatic rings. The van der Waals surface area contributed by atoms with Crippen molar-refractivity contribution in [2.45, 2.75) is 36.4 Å². The molecule has 0 aliphatic heterocycles. The summed E-state index contributed by atoms with van der Waals surface area (Å²) in [6.07, 6.45) is -5.11. The molecule has 0 unspecified atom stereocenters. The summed E-state index contributed by atoms with van der Waals surface area (Å²) in [5.74, 6) is 0. The fourth-order valence-electron chi connectivity index (χ4n) is 1.67. The Morgan fingerprint density at radius 2 is 1.93 bits per heavy atom. The van der Waals surface area contributed by atoms with Crippen molar-refractivity contribution < 1.29 is 25.5 Å². The van der Waals surface area contributed by atoms with Gasteiger partial charge in [0, 0.05) is 4.91 Å². The highest BCUT2D eigenvalue weighted by molar-refractivity contribution is 5.04. The van der Waals surface area contributed by atoms with Gasteiger partial charge in [0.1, 0.15) is 17.8 Å². The quantitative estimate of drug-likeness (QED) is 0.204. The van der Waals surface area contributed by atoms with E-state index in [0.717, 1.165) is 0 Å². The van der Waals surface area contributed by atoms with Crippen molar-refractivity contribution in [2.75, 3.05) is 6.61 Å². The van der Waals surface area contributed by atoms with Gasteiger partial charge in [-0.05, 0) is 12.0 Å². The molecule has 0 spiro atoms. The van der Waals surface area contributed by atoms with Gasteiger partial charge in [-0.3, -0.25) is 0 Å². The van der Waals surface area contributed by atoms with E-state index in [1.54, 1.807) is 0 Å². The van der Waals surface area contributed by atoms with E-state index in [1.807, 2.05) is 0 Å². The van der Waals surface area contributed by atoms with Crippen LogP contribution < -0.4 is 0 Å². The SMILES string of the molecule is [N-]=[N+]=N[C@@H]1C[C@](O)(CO)[C@@H](O)[C@H](O)[C@H]1O. The minimum Gasteiger partial charge on any atom is -0.393 e. The van der Waals surface area contributed by atoms with Crippen molar-refractivity contribution in [1.29, 1.82) is 0 Å². The zero-order valence-corrected chi connectivity index (χ0v) is 7.80. The van der Waals surface area contributed by atoms with Crippen LogP contribution >= 0.6 is 0 Å². The standard InChI is InChI=1S/C7H13N3O5/c8-10-9-3-1-7(15,2-11)6(14)5(13)4(3)12/h3-6,11-15H,1-2H2/t3-,4+,5-,6+,7+/m1/s1. The van der Waals surface area contributed by atoms with Gasteiger partial charge in [0.15, 0.2) is 0 Å². The van der Waals surface area contributed by atoms with E-state index in [4.69, 9.17) is 10.6 Å². The second-order valence-corrected chi connectivity index (χ2v) is 3.66. The highest BCUT2D eigenvalue weighted by Crippen LogP contribution is 2.31. The molecule has 0 aromatic heterocycles. The largest absolute Gasteiger partial charge is 0.393 e. The third-order valence-electron chi connectivity index (χ3n) is 2.65. The molecule has 0 saturated heterocycles. The van der Waals surface area contributed by atoms with Crippen LogP contribution in [0.4, 0.5) is 0 Å². The Morgan fingerprint density at radius 3 is 2.40 bits per heavy atom. The van der Waals surface area contributed by atoms with Gasteiger partial charge >= 0.3 is 0 Å². The molecule has 8 heteroatoms. The molecule has 86 valence electrons. The number of azide groups is 1. The molecule has 1 aliphatic carbocycles. The average molecular weight is 219 g/mol. The van der Waals surface area contributed by atoms with Crippen LogP contribution in [0.5, 0.6) is 0 Å². The molecule has 1 saturated carbocycles. The Hall–Kier alpha value is -0.890. The van der Waals surface area contributed by atoms with E-state index in [0.29, 0.717) is 0 Å². The van der Waals surface area contributed by atoms with Gasteiger partial charge in [0.2, 0.25) is 0 Å². The molecule has 0 aromatic rings. The third kappa shape index (κ3) is 2.05. The first-order chi connectivity index (χ1) is 6.96. The van der Waals surface area contributed by atoms with Crippen LogP contribution in [0.2, 0.25) is 0 Å². The molecule has 0 radical (unpaired) electrons. The van der Waals surface area contributed by atoms with Crippen molar-refractivity contribution in [3.8, 4) is 0 Å². The van der Waals surface area contributed by atoms with Gasteiger partial charge in [-0.15, -0.1) is 0 Å². The maximum atomic E-state index is 9.68. The smallest absolute Gasteiger partial charge is 0.117 e. The average Bonchev–Trinajstić information content (AvgIpc) is 2.23. The number of hydrogen-bond donors (Lipinski definition) is 5. The normalized spacial score (nSPS) is 45.9. The molecular formula is C7H13N3O5. The highest BCUT2D eigenvalue weighted by Gasteiger charge is 2.50. The highest BCUT2D eigenvalue weighted by atomic mass is 16.4. The van der Waals surface area contributed by atoms with Crippen molar-refractivity contribution in [3.63, 3.8) is 0 Å². The first kappa shape index (κ1) is 12.2. The van der Waals surface area contributed by atoms with Gasteiger partial charge < -0.3 is 25.5 Å². The zero-order valence-electron chi connectivity index (χ0n) is 7.80. The monoisotopic (exact) mass is 219 g/mol. The van der Waals surface area contributed by atoms with Gasteiger partial charge in [0.25, 0.3) is 0 Å². The first-order valence-corrected chi connectivity index (χ1v) is 4.38. The molecule has 0 aromatic carbocycles. The van der Waals surface area contributed by atoms with Gasteiger partial charge in [-0.25, -0.2) is 0 Å². The van der Waals surface area contributed by atoms with E-state index >= 15 is 0 Å². The predicted octanol–water partition coefficient (Wildman–Crippen LogP) is -2.12. The van der Waals surface area contributed by atoms with E-state index in [-0.39, 0.29) is 6.42 Å². The van der Waals surface area contributed by atoms with E-state index in [9.17, 15) is 20.4 Å². The molecule has 8 nitrogen and oxygen atoms in total. The Balaban J connectivity index is 2.94. The number of rotatable bonds is 2. The maximum Gasteiger partial charge on any atom is 0.117 e. The van der Waals surface area contributed by atoms with Crippen LogP contribution in [0.3, 0.4) is 0 Å². The lowest BCUT2D eigenvalue weighted by atomic mass is 9.77. The van der Waals surface area contributed by atoms with Gasteiger partial charge in [0.05, 0.1) is 18.8 Å². The lowest BCUT2D eigenvalue weighted by Crippen LogP contribution is -2.63. The molecule has 1 fully saturated rings. The van der Waals surface area contributed by atoms with Crippen molar-refractivity contribution in [2.24, 2.45) is 5.11 Å². The zero-order chi connectivity index (χ0) is 11.6. The van der Waals surface area contributed by atoms with Crippen molar-refractivity contribution in [3.05, 3.63) is 10.4 Å². The Morgan fingerprint density at radius 1 is 1.33 bits per heavy atom. The lowest BCUT2D eigenvalue weighted by Gasteiger charge is -2.43. The van der Waals surface area contributed by atoms with Crippen LogP contribution in [0.15, 0.2) is 5.11 Å².